The topological polar surface area (TPSA) is 204 Å². The second-order valence-electron chi connectivity index (χ2n) is 11.9. The normalized spacial score (nSPS) is 26.4. The van der Waals surface area contributed by atoms with Crippen LogP contribution in [0.4, 0.5) is 5.69 Å². The number of aliphatic carboxylic acids is 1. The van der Waals surface area contributed by atoms with E-state index < -0.39 is 30.0 Å². The Kier molecular flexibility index (Phi) is 9.06. The third-order valence-electron chi connectivity index (χ3n) is 8.90. The summed E-state index contributed by atoms with van der Waals surface area (Å²) in [5.74, 6) is -3.08. The highest BCUT2D eigenvalue weighted by molar-refractivity contribution is 8.03. The maximum absolute atomic E-state index is 13.2. The molecule has 244 valence electrons. The molecule has 0 aliphatic carbocycles. The number of hydrogen-bond donors (Lipinski definition) is 5. The Morgan fingerprint density at radius 2 is 1.98 bits per heavy atom. The molecular formula is C29H36N10O6S. The van der Waals surface area contributed by atoms with Crippen LogP contribution in [0.1, 0.15) is 30.6 Å². The zero-order chi connectivity index (χ0) is 32.5. The molecule has 1 aromatic heterocycles. The van der Waals surface area contributed by atoms with Crippen LogP contribution in [0.2, 0.25) is 0 Å². The Balaban J connectivity index is 1.06. The van der Waals surface area contributed by atoms with Crippen molar-refractivity contribution < 1.29 is 29.1 Å². The molecule has 1 aromatic carbocycles. The number of hydrogen-bond acceptors (Lipinski definition) is 11. The summed E-state index contributed by atoms with van der Waals surface area (Å²) in [5.41, 5.74) is 1.00. The molecule has 3 fully saturated rings. The number of carboxylic acid groups (broad SMARTS) is 1. The SMILES string of the molecule is C[C@@H](NC(=O)Cn1cnnn1)[C@H]1C(=O)N2C(C(=O)O)=C(S[C@@H]3CN[C@H](C(=O)Nc4cccc(C(=O)N5CCNCC5)c4)C3)[C@H](C)[C@H]12. The first-order valence-corrected chi connectivity index (χ1v) is 16.1. The van der Waals surface area contributed by atoms with Gasteiger partial charge >= 0.3 is 5.97 Å². The summed E-state index contributed by atoms with van der Waals surface area (Å²) in [6.45, 7) is 6.74. The summed E-state index contributed by atoms with van der Waals surface area (Å²) in [4.78, 5) is 67.9. The average Bonchev–Trinajstić information content (AvgIpc) is 3.77. The molecule has 6 rings (SSSR count). The highest BCUT2D eigenvalue weighted by Crippen LogP contribution is 2.51. The smallest absolute Gasteiger partial charge is 0.353 e. The molecule has 0 bridgehead atoms. The van der Waals surface area contributed by atoms with Gasteiger partial charge in [0.2, 0.25) is 17.7 Å². The molecule has 4 aliphatic rings. The van der Waals surface area contributed by atoms with Crippen LogP contribution in [-0.2, 0) is 25.7 Å². The third kappa shape index (κ3) is 6.21. The summed E-state index contributed by atoms with van der Waals surface area (Å²) in [6, 6.07) is 5.44. The maximum atomic E-state index is 13.2. The van der Waals surface area contributed by atoms with Crippen molar-refractivity contribution in [1.29, 1.82) is 0 Å². The van der Waals surface area contributed by atoms with E-state index in [1.807, 2.05) is 6.92 Å². The number of anilines is 1. The second-order valence-corrected chi connectivity index (χ2v) is 13.3. The van der Waals surface area contributed by atoms with Gasteiger partial charge in [0, 0.05) is 66.1 Å². The number of piperazine rings is 1. The number of rotatable bonds is 10. The molecule has 17 heteroatoms. The van der Waals surface area contributed by atoms with Gasteiger partial charge in [0.15, 0.2) is 0 Å². The van der Waals surface area contributed by atoms with E-state index in [-0.39, 0.29) is 47.0 Å². The molecule has 0 saturated carbocycles. The lowest BCUT2D eigenvalue weighted by Gasteiger charge is -2.47. The van der Waals surface area contributed by atoms with Gasteiger partial charge in [-0.3, -0.25) is 19.2 Å². The van der Waals surface area contributed by atoms with E-state index in [9.17, 15) is 29.1 Å². The fourth-order valence-corrected chi connectivity index (χ4v) is 8.15. The molecule has 4 aliphatic heterocycles. The van der Waals surface area contributed by atoms with Crippen LogP contribution in [0, 0.1) is 11.8 Å². The van der Waals surface area contributed by atoms with Crippen LogP contribution in [-0.4, -0.2) is 121 Å². The van der Waals surface area contributed by atoms with Crippen LogP contribution in [0.5, 0.6) is 0 Å². The zero-order valence-corrected chi connectivity index (χ0v) is 26.2. The lowest BCUT2D eigenvalue weighted by molar-refractivity contribution is -0.158. The molecular weight excluding hydrogens is 616 g/mol. The molecule has 0 radical (unpaired) electrons. The van der Waals surface area contributed by atoms with Crippen molar-refractivity contribution in [3.8, 4) is 0 Å². The lowest BCUT2D eigenvalue weighted by atomic mass is 9.78. The van der Waals surface area contributed by atoms with Crippen molar-refractivity contribution >= 4 is 47.0 Å². The Bertz CT molecular complexity index is 1560. The lowest BCUT2D eigenvalue weighted by Crippen LogP contribution is -2.66. The van der Waals surface area contributed by atoms with Gasteiger partial charge in [-0.1, -0.05) is 13.0 Å². The molecule has 5 N–H and O–H groups in total. The van der Waals surface area contributed by atoms with Crippen molar-refractivity contribution in [2.45, 2.75) is 50.2 Å². The van der Waals surface area contributed by atoms with Gasteiger partial charge in [0.1, 0.15) is 18.6 Å². The van der Waals surface area contributed by atoms with Gasteiger partial charge in [-0.25, -0.2) is 9.48 Å². The summed E-state index contributed by atoms with van der Waals surface area (Å²) in [7, 11) is 0. The van der Waals surface area contributed by atoms with E-state index in [2.05, 4.69) is 36.8 Å². The number of carbonyl (C=O) groups is 5. The van der Waals surface area contributed by atoms with Crippen molar-refractivity contribution in [3.63, 3.8) is 0 Å². The number of tetrazole rings is 1. The van der Waals surface area contributed by atoms with Crippen LogP contribution >= 0.6 is 11.8 Å². The first-order chi connectivity index (χ1) is 22.1. The number of carbonyl (C=O) groups excluding carboxylic acids is 4. The number of carboxylic acids is 1. The summed E-state index contributed by atoms with van der Waals surface area (Å²) < 4.78 is 1.27. The fourth-order valence-electron chi connectivity index (χ4n) is 6.67. The van der Waals surface area contributed by atoms with Gasteiger partial charge in [-0.05, 0) is 42.0 Å². The van der Waals surface area contributed by atoms with E-state index in [1.54, 1.807) is 36.1 Å². The number of nitrogens with one attached hydrogen (secondary N) is 4. The molecule has 0 spiro atoms. The van der Waals surface area contributed by atoms with Crippen LogP contribution in [0.3, 0.4) is 0 Å². The third-order valence-corrected chi connectivity index (χ3v) is 10.4. The largest absolute Gasteiger partial charge is 0.477 e. The van der Waals surface area contributed by atoms with Crippen molar-refractivity contribution in [1.82, 2.24) is 46.0 Å². The second kappa shape index (κ2) is 13.2. The minimum absolute atomic E-state index is 0.0326. The van der Waals surface area contributed by atoms with Gasteiger partial charge < -0.3 is 36.2 Å². The molecule has 5 heterocycles. The minimum atomic E-state index is -1.19. The van der Waals surface area contributed by atoms with Crippen molar-refractivity contribution in [2.75, 3.05) is 38.0 Å². The average molecular weight is 653 g/mol. The van der Waals surface area contributed by atoms with E-state index >= 15 is 0 Å². The molecule has 3 saturated heterocycles. The molecule has 2 aromatic rings. The highest BCUT2D eigenvalue weighted by Gasteiger charge is 2.60. The number of aromatic nitrogens is 4. The highest BCUT2D eigenvalue weighted by atomic mass is 32.2. The first kappa shape index (κ1) is 31.6. The quantitative estimate of drug-likeness (QED) is 0.198. The number of benzene rings is 1. The summed E-state index contributed by atoms with van der Waals surface area (Å²) >= 11 is 1.38. The van der Waals surface area contributed by atoms with Gasteiger partial charge in [0.25, 0.3) is 5.91 Å². The number of nitrogens with zero attached hydrogens (tertiary/aromatic N) is 6. The van der Waals surface area contributed by atoms with E-state index in [1.165, 1.54) is 27.7 Å². The Morgan fingerprint density at radius 1 is 1.20 bits per heavy atom. The molecule has 4 amide bonds. The van der Waals surface area contributed by atoms with Crippen molar-refractivity contribution in [3.05, 3.63) is 46.8 Å². The Hall–Kier alpha value is -4.35. The minimum Gasteiger partial charge on any atom is -0.477 e. The number of β-lactam (4-membered cyclic amide) rings is 1. The van der Waals surface area contributed by atoms with E-state index in [0.717, 1.165) is 13.1 Å². The van der Waals surface area contributed by atoms with Crippen LogP contribution in [0.25, 0.3) is 0 Å². The summed E-state index contributed by atoms with van der Waals surface area (Å²) in [5, 5.41) is 32.9. The standard InChI is InChI=1S/C29H36N10O6S/c1-15-23-22(16(2)33-21(40)13-38-14-32-35-36-38)28(43)39(23)24(29(44)45)25(15)46-19-11-20(31-12-19)26(41)34-18-5-3-4-17(10-18)27(42)37-8-6-30-7-9-37/h3-5,10,14-16,19-20,22-23,30-31H,6-9,11-13H2,1-2H3,(H,33,40)(H,34,41)(H,44,45)/t15-,16-,19+,20+,22-,23-/m1/s1. The monoisotopic (exact) mass is 652 g/mol. The molecule has 6 atom stereocenters. The number of amides is 4. The zero-order valence-electron chi connectivity index (χ0n) is 25.4. The van der Waals surface area contributed by atoms with E-state index in [4.69, 9.17) is 0 Å². The molecule has 0 unspecified atom stereocenters. The predicted octanol–water partition coefficient (Wildman–Crippen LogP) is -0.901. The first-order valence-electron chi connectivity index (χ1n) is 15.2. The molecule has 16 nitrogen and oxygen atoms in total. The van der Waals surface area contributed by atoms with E-state index in [0.29, 0.717) is 42.2 Å². The molecule has 46 heavy (non-hydrogen) atoms. The van der Waals surface area contributed by atoms with Gasteiger partial charge in [-0.2, -0.15) is 0 Å². The fraction of sp³-hybridized carbons (Fsp3) is 0.517. The van der Waals surface area contributed by atoms with Crippen LogP contribution < -0.4 is 21.3 Å². The Labute approximate surface area is 268 Å². The van der Waals surface area contributed by atoms with Gasteiger partial charge in [-0.15, -0.1) is 16.9 Å². The summed E-state index contributed by atoms with van der Waals surface area (Å²) in [6.07, 6.45) is 1.76. The maximum Gasteiger partial charge on any atom is 0.353 e. The number of fused-ring (bicyclic) bond motifs is 1. The van der Waals surface area contributed by atoms with Gasteiger partial charge in [0.05, 0.1) is 18.0 Å². The predicted molar refractivity (Wildman–Crippen MR) is 165 cm³/mol. The van der Waals surface area contributed by atoms with Crippen molar-refractivity contribution in [2.24, 2.45) is 11.8 Å². The van der Waals surface area contributed by atoms with Crippen LogP contribution in [0.15, 0.2) is 41.2 Å². The number of thioether (sulfide) groups is 1. The Morgan fingerprint density at radius 3 is 2.70 bits per heavy atom.